The van der Waals surface area contributed by atoms with Crippen molar-refractivity contribution < 1.29 is 29.1 Å². The Kier molecular flexibility index (Phi) is 4.01. The van der Waals surface area contributed by atoms with Crippen molar-refractivity contribution in [2.24, 2.45) is 0 Å². The van der Waals surface area contributed by atoms with Gasteiger partial charge in [0.1, 0.15) is 0 Å². The van der Waals surface area contributed by atoms with Crippen LogP contribution in [0.3, 0.4) is 0 Å². The molecule has 1 aromatic rings. The Labute approximate surface area is 91.6 Å². The maximum absolute atomic E-state index is 10.7. The van der Waals surface area contributed by atoms with Gasteiger partial charge in [-0.2, -0.15) is 0 Å². The lowest BCUT2D eigenvalue weighted by molar-refractivity contribution is 0.248. The second-order valence-electron chi connectivity index (χ2n) is 3.07. The van der Waals surface area contributed by atoms with E-state index in [1.807, 2.05) is 0 Å². The number of hydrogen-bond acceptors (Lipinski definition) is 5. The van der Waals surface area contributed by atoms with E-state index in [1.54, 1.807) is 0 Å². The van der Waals surface area contributed by atoms with Crippen molar-refractivity contribution in [1.82, 2.24) is 4.98 Å². The van der Waals surface area contributed by atoms with Gasteiger partial charge in [0.25, 0.3) is 0 Å². The minimum Gasteiger partial charge on any atom is -0.402 e. The highest BCUT2D eigenvalue weighted by Gasteiger charge is 2.22. The summed E-state index contributed by atoms with van der Waals surface area (Å²) in [6.45, 7) is 0.570. The van der Waals surface area contributed by atoms with Crippen LogP contribution in [0, 0.1) is 6.92 Å². The summed E-state index contributed by atoms with van der Waals surface area (Å²) in [5.41, 5.74) is 0.611. The van der Waals surface area contributed by atoms with Crippen LogP contribution in [0.1, 0.15) is 16.8 Å². The van der Waals surface area contributed by atoms with Crippen molar-refractivity contribution in [3.63, 3.8) is 0 Å². The molecule has 4 N–H and O–H groups in total. The van der Waals surface area contributed by atoms with Gasteiger partial charge < -0.3 is 14.7 Å². The largest absolute Gasteiger partial charge is 0.524 e. The summed E-state index contributed by atoms with van der Waals surface area (Å²) in [5.74, 6) is -0.192. The zero-order chi connectivity index (χ0) is 12.3. The highest BCUT2D eigenvalue weighted by molar-refractivity contribution is 7.46. The Bertz CT molecular complexity index is 429. The first-order valence-electron chi connectivity index (χ1n) is 4.33. The lowest BCUT2D eigenvalue weighted by atomic mass is 10.1. The average Bonchev–Trinajstić information content (AvgIpc) is 2.19. The number of aryl methyl sites for hydroxylation is 1. The number of aromatic nitrogens is 1. The van der Waals surface area contributed by atoms with Crippen molar-refractivity contribution in [2.75, 3.05) is 0 Å². The number of rotatable bonds is 4. The van der Waals surface area contributed by atoms with E-state index in [0.29, 0.717) is 0 Å². The van der Waals surface area contributed by atoms with Crippen molar-refractivity contribution >= 4 is 7.82 Å². The number of aliphatic hydroxyl groups is 2. The summed E-state index contributed by atoms with van der Waals surface area (Å²) in [6, 6.07) is 0. The van der Waals surface area contributed by atoms with Crippen LogP contribution in [0.15, 0.2) is 6.20 Å². The third kappa shape index (κ3) is 3.01. The van der Waals surface area contributed by atoms with Gasteiger partial charge in [-0.05, 0) is 6.92 Å². The first-order chi connectivity index (χ1) is 7.39. The molecule has 1 heterocycles. The van der Waals surface area contributed by atoms with Gasteiger partial charge >= 0.3 is 7.82 Å². The molecule has 0 spiro atoms. The molecule has 0 amide bonds. The van der Waals surface area contributed by atoms with Crippen molar-refractivity contribution in [3.05, 3.63) is 23.0 Å². The van der Waals surface area contributed by atoms with Crippen LogP contribution >= 0.6 is 7.82 Å². The van der Waals surface area contributed by atoms with Gasteiger partial charge in [-0.15, -0.1) is 0 Å². The van der Waals surface area contributed by atoms with Gasteiger partial charge in [0, 0.05) is 17.3 Å². The van der Waals surface area contributed by atoms with E-state index in [2.05, 4.69) is 9.51 Å². The normalized spacial score (nSPS) is 11.6. The second kappa shape index (κ2) is 4.90. The molecule has 0 radical (unpaired) electrons. The summed E-state index contributed by atoms with van der Waals surface area (Å²) < 4.78 is 15.2. The van der Waals surface area contributed by atoms with Crippen LogP contribution < -0.4 is 4.52 Å². The molecule has 7 nitrogen and oxygen atoms in total. The lowest BCUT2D eigenvalue weighted by Gasteiger charge is -2.14. The van der Waals surface area contributed by atoms with Gasteiger partial charge in [-0.1, -0.05) is 0 Å². The van der Waals surface area contributed by atoms with Gasteiger partial charge in [0.2, 0.25) is 0 Å². The van der Waals surface area contributed by atoms with E-state index in [0.717, 1.165) is 0 Å². The third-order valence-electron chi connectivity index (χ3n) is 1.94. The molecule has 0 aliphatic rings. The standard InChI is InChI=1S/C8H12NO6P/c1-5-8(15-16(12,13)14)7(4-11)6(3-10)2-9-5/h2,10-11H,3-4H2,1H3,(H2,12,13,14). The minimum atomic E-state index is -4.72. The topological polar surface area (TPSA) is 120 Å². The molecule has 0 aromatic carbocycles. The molecule has 0 saturated carbocycles. The summed E-state index contributed by atoms with van der Waals surface area (Å²) in [4.78, 5) is 21.2. The first kappa shape index (κ1) is 13.1. The molecule has 1 aromatic heterocycles. The van der Waals surface area contributed by atoms with Crippen LogP contribution in [0.5, 0.6) is 5.75 Å². The molecule has 0 fully saturated rings. The predicted molar refractivity (Wildman–Crippen MR) is 53.5 cm³/mol. The first-order valence-corrected chi connectivity index (χ1v) is 5.86. The van der Waals surface area contributed by atoms with Crippen molar-refractivity contribution in [1.29, 1.82) is 0 Å². The molecule has 1 rings (SSSR count). The summed E-state index contributed by atoms with van der Waals surface area (Å²) >= 11 is 0. The summed E-state index contributed by atoms with van der Waals surface area (Å²) in [5, 5.41) is 18.0. The fourth-order valence-corrected chi connectivity index (χ4v) is 1.71. The predicted octanol–water partition coefficient (Wildman–Crippen LogP) is -0.154. The summed E-state index contributed by atoms with van der Waals surface area (Å²) in [6.07, 6.45) is 1.31. The molecule has 0 unspecified atom stereocenters. The Balaban J connectivity index is 3.29. The summed E-state index contributed by atoms with van der Waals surface area (Å²) in [7, 11) is -4.72. The highest BCUT2D eigenvalue weighted by Crippen LogP contribution is 2.41. The number of hydrogen-bond donors (Lipinski definition) is 4. The highest BCUT2D eigenvalue weighted by atomic mass is 31.2. The Morgan fingerprint density at radius 1 is 1.38 bits per heavy atom. The monoisotopic (exact) mass is 249 g/mol. The number of pyridine rings is 1. The fraction of sp³-hybridized carbons (Fsp3) is 0.375. The van der Waals surface area contributed by atoms with E-state index in [9.17, 15) is 4.57 Å². The Morgan fingerprint density at radius 3 is 2.44 bits per heavy atom. The minimum absolute atomic E-state index is 0.123. The number of nitrogens with zero attached hydrogens (tertiary/aromatic N) is 1. The number of phosphoric ester groups is 1. The van der Waals surface area contributed by atoms with E-state index >= 15 is 0 Å². The molecule has 0 saturated heterocycles. The number of aliphatic hydroxyl groups excluding tert-OH is 2. The average molecular weight is 249 g/mol. The second-order valence-corrected chi connectivity index (χ2v) is 4.24. The Hall–Kier alpha value is -0.980. The number of phosphoric acid groups is 1. The smallest absolute Gasteiger partial charge is 0.402 e. The van der Waals surface area contributed by atoms with Crippen LogP contribution in [-0.2, 0) is 17.8 Å². The Morgan fingerprint density at radius 2 is 2.00 bits per heavy atom. The molecule has 16 heavy (non-hydrogen) atoms. The van der Waals surface area contributed by atoms with Crippen LogP contribution in [-0.4, -0.2) is 25.0 Å². The van der Waals surface area contributed by atoms with Gasteiger partial charge in [0.15, 0.2) is 5.75 Å². The maximum atomic E-state index is 10.7. The molecule has 90 valence electrons. The SMILES string of the molecule is Cc1ncc(CO)c(CO)c1OP(=O)(O)O. The van der Waals surface area contributed by atoms with E-state index < -0.39 is 21.0 Å². The van der Waals surface area contributed by atoms with Gasteiger partial charge in [-0.3, -0.25) is 14.8 Å². The fourth-order valence-electron chi connectivity index (χ4n) is 1.23. The third-order valence-corrected chi connectivity index (χ3v) is 2.36. The van der Waals surface area contributed by atoms with Crippen molar-refractivity contribution in [3.8, 4) is 5.75 Å². The molecule has 0 atom stereocenters. The van der Waals surface area contributed by atoms with Gasteiger partial charge in [-0.25, -0.2) is 4.57 Å². The van der Waals surface area contributed by atoms with Gasteiger partial charge in [0.05, 0.1) is 18.9 Å². The molecular weight excluding hydrogens is 237 g/mol. The zero-order valence-corrected chi connectivity index (χ0v) is 9.39. The molecule has 0 aliphatic heterocycles. The van der Waals surface area contributed by atoms with E-state index in [4.69, 9.17) is 20.0 Å². The molecule has 0 aliphatic carbocycles. The lowest BCUT2D eigenvalue weighted by Crippen LogP contribution is -2.04. The quantitative estimate of drug-likeness (QED) is 0.547. The molecule has 0 bridgehead atoms. The molecular formula is C8H12NO6P. The maximum Gasteiger partial charge on any atom is 0.524 e. The van der Waals surface area contributed by atoms with E-state index in [1.165, 1.54) is 13.1 Å². The van der Waals surface area contributed by atoms with E-state index in [-0.39, 0.29) is 22.6 Å². The van der Waals surface area contributed by atoms with Crippen LogP contribution in [0.4, 0.5) is 0 Å². The van der Waals surface area contributed by atoms with Crippen LogP contribution in [0.2, 0.25) is 0 Å². The van der Waals surface area contributed by atoms with Crippen LogP contribution in [0.25, 0.3) is 0 Å². The zero-order valence-electron chi connectivity index (χ0n) is 8.49. The molecule has 8 heteroatoms. The van der Waals surface area contributed by atoms with Crippen molar-refractivity contribution in [2.45, 2.75) is 20.1 Å².